The second-order valence-corrected chi connectivity index (χ2v) is 7.04. The molecule has 0 bridgehead atoms. The van der Waals surface area contributed by atoms with Gasteiger partial charge in [0.25, 0.3) is 5.56 Å². The molecule has 3 rings (SSSR count). The van der Waals surface area contributed by atoms with Crippen molar-refractivity contribution in [1.29, 1.82) is 0 Å². The van der Waals surface area contributed by atoms with E-state index in [1.165, 1.54) is 6.07 Å². The van der Waals surface area contributed by atoms with Gasteiger partial charge in [0.1, 0.15) is 11.9 Å². The van der Waals surface area contributed by atoms with E-state index in [2.05, 4.69) is 34.0 Å². The lowest BCUT2D eigenvalue weighted by molar-refractivity contribution is -0.121. The van der Waals surface area contributed by atoms with Gasteiger partial charge in [-0.25, -0.2) is 4.98 Å². The maximum Gasteiger partial charge on any atom is 0.251 e. The number of likely N-dealkylation sites (N-methyl/N-ethyl adjacent to an activating group) is 1. The molecule has 1 heterocycles. The lowest BCUT2D eigenvalue weighted by atomic mass is 10.0. The molecule has 0 aliphatic rings. The number of hydrogen-bond acceptors (Lipinski definition) is 4. The molecule has 0 saturated heterocycles. The van der Waals surface area contributed by atoms with E-state index >= 15 is 0 Å². The number of aromatic amines is 1. The number of hydrogen-bond donors (Lipinski definition) is 2. The molecule has 30 heavy (non-hydrogen) atoms. The van der Waals surface area contributed by atoms with Gasteiger partial charge in [0.05, 0.1) is 0 Å². The Morgan fingerprint density at radius 1 is 1.03 bits per heavy atom. The topological polar surface area (TPSA) is 78.1 Å². The van der Waals surface area contributed by atoms with Crippen LogP contribution in [0.5, 0.6) is 0 Å². The molecule has 1 atom stereocenters. The minimum atomic E-state index is -0.383. The molecule has 2 N–H and O–H groups in total. The summed E-state index contributed by atoms with van der Waals surface area (Å²) in [5.74, 6) is 0.407. The minimum Gasteiger partial charge on any atom is -0.324 e. The van der Waals surface area contributed by atoms with E-state index in [-0.39, 0.29) is 17.5 Å². The van der Waals surface area contributed by atoms with E-state index in [9.17, 15) is 9.59 Å². The standard InChI is InChI=1S/C24H28N4O2/c1-4-19-16-21(29)27-23(25-19)18-13-10-14-20(15-18)26-24(30)22(28(5-2)6-3)17-11-8-7-9-12-17/h7-16,22H,4-6H2,1-3H3,(H,26,30)(H,25,27,29). The number of benzene rings is 2. The number of anilines is 1. The maximum absolute atomic E-state index is 13.2. The summed E-state index contributed by atoms with van der Waals surface area (Å²) in [6.45, 7) is 7.59. The van der Waals surface area contributed by atoms with Gasteiger partial charge in [0.2, 0.25) is 5.91 Å². The number of carbonyl (C=O) groups is 1. The van der Waals surface area contributed by atoms with Gasteiger partial charge in [-0.05, 0) is 37.2 Å². The molecule has 0 fully saturated rings. The van der Waals surface area contributed by atoms with Crippen LogP contribution in [0.15, 0.2) is 65.5 Å². The fraction of sp³-hybridized carbons (Fsp3) is 0.292. The molecule has 0 spiro atoms. The molecule has 1 amide bonds. The summed E-state index contributed by atoms with van der Waals surface area (Å²) < 4.78 is 0. The van der Waals surface area contributed by atoms with Crippen molar-refractivity contribution >= 4 is 11.6 Å². The second kappa shape index (κ2) is 9.98. The number of nitrogens with zero attached hydrogens (tertiary/aromatic N) is 2. The van der Waals surface area contributed by atoms with Crippen molar-refractivity contribution in [1.82, 2.24) is 14.9 Å². The third-order valence-corrected chi connectivity index (χ3v) is 5.10. The van der Waals surface area contributed by atoms with Crippen molar-refractivity contribution < 1.29 is 4.79 Å². The summed E-state index contributed by atoms with van der Waals surface area (Å²) in [6.07, 6.45) is 0.677. The van der Waals surface area contributed by atoms with Crippen LogP contribution in [0.1, 0.15) is 38.1 Å². The molecule has 0 radical (unpaired) electrons. The highest BCUT2D eigenvalue weighted by atomic mass is 16.2. The van der Waals surface area contributed by atoms with Crippen molar-refractivity contribution in [2.24, 2.45) is 0 Å². The molecular weight excluding hydrogens is 376 g/mol. The number of rotatable bonds is 8. The molecule has 156 valence electrons. The Hall–Kier alpha value is -3.25. The molecular formula is C24H28N4O2. The van der Waals surface area contributed by atoms with Crippen LogP contribution in [0, 0.1) is 0 Å². The lowest BCUT2D eigenvalue weighted by Gasteiger charge is -2.29. The van der Waals surface area contributed by atoms with E-state index in [0.29, 0.717) is 17.9 Å². The van der Waals surface area contributed by atoms with Crippen LogP contribution in [0.2, 0.25) is 0 Å². The van der Waals surface area contributed by atoms with Gasteiger partial charge in [-0.1, -0.05) is 63.2 Å². The van der Waals surface area contributed by atoms with Crippen LogP contribution < -0.4 is 10.9 Å². The number of aromatic nitrogens is 2. The smallest absolute Gasteiger partial charge is 0.251 e. The zero-order valence-electron chi connectivity index (χ0n) is 17.7. The number of H-pyrrole nitrogens is 1. The Kier molecular flexibility index (Phi) is 7.14. The molecule has 0 saturated carbocycles. The van der Waals surface area contributed by atoms with Gasteiger partial charge in [0, 0.05) is 23.0 Å². The van der Waals surface area contributed by atoms with Crippen molar-refractivity contribution in [2.45, 2.75) is 33.2 Å². The van der Waals surface area contributed by atoms with Crippen molar-refractivity contribution in [3.05, 3.63) is 82.3 Å². The summed E-state index contributed by atoms with van der Waals surface area (Å²) in [7, 11) is 0. The first-order valence-corrected chi connectivity index (χ1v) is 10.4. The van der Waals surface area contributed by atoms with E-state index < -0.39 is 0 Å². The monoisotopic (exact) mass is 404 g/mol. The predicted molar refractivity (Wildman–Crippen MR) is 120 cm³/mol. The first kappa shape index (κ1) is 21.5. The van der Waals surface area contributed by atoms with Crippen LogP contribution in [-0.2, 0) is 11.2 Å². The van der Waals surface area contributed by atoms with E-state index in [1.807, 2.05) is 61.5 Å². The zero-order chi connectivity index (χ0) is 21.5. The average molecular weight is 405 g/mol. The molecule has 2 aromatic carbocycles. The third kappa shape index (κ3) is 5.02. The van der Waals surface area contributed by atoms with Gasteiger partial charge >= 0.3 is 0 Å². The molecule has 6 nitrogen and oxygen atoms in total. The summed E-state index contributed by atoms with van der Waals surface area (Å²) in [4.78, 5) is 34.6. The Morgan fingerprint density at radius 3 is 2.43 bits per heavy atom. The number of nitrogens with one attached hydrogen (secondary N) is 2. The second-order valence-electron chi connectivity index (χ2n) is 7.04. The van der Waals surface area contributed by atoms with Gasteiger partial charge in [-0.3, -0.25) is 14.5 Å². The highest BCUT2D eigenvalue weighted by Crippen LogP contribution is 2.24. The summed E-state index contributed by atoms with van der Waals surface area (Å²) in [5.41, 5.74) is 2.91. The maximum atomic E-state index is 13.2. The van der Waals surface area contributed by atoms with Crippen molar-refractivity contribution in [3.8, 4) is 11.4 Å². The first-order valence-electron chi connectivity index (χ1n) is 10.4. The fourth-order valence-electron chi connectivity index (χ4n) is 3.53. The fourth-order valence-corrected chi connectivity index (χ4v) is 3.53. The van der Waals surface area contributed by atoms with Gasteiger partial charge in [0.15, 0.2) is 0 Å². The minimum absolute atomic E-state index is 0.0918. The van der Waals surface area contributed by atoms with Gasteiger partial charge in [-0.15, -0.1) is 0 Å². The number of amides is 1. The first-order chi connectivity index (χ1) is 14.5. The van der Waals surface area contributed by atoms with Gasteiger partial charge in [-0.2, -0.15) is 0 Å². The molecule has 0 aliphatic heterocycles. The Morgan fingerprint density at radius 2 is 1.77 bits per heavy atom. The average Bonchev–Trinajstić information content (AvgIpc) is 2.77. The largest absolute Gasteiger partial charge is 0.324 e. The molecule has 0 aliphatic carbocycles. The Balaban J connectivity index is 1.90. The van der Waals surface area contributed by atoms with E-state index in [0.717, 1.165) is 29.9 Å². The van der Waals surface area contributed by atoms with Crippen molar-refractivity contribution in [2.75, 3.05) is 18.4 Å². The Labute approximate surface area is 177 Å². The van der Waals surface area contributed by atoms with Crippen LogP contribution in [0.25, 0.3) is 11.4 Å². The quantitative estimate of drug-likeness (QED) is 0.594. The van der Waals surface area contributed by atoms with Crippen molar-refractivity contribution in [3.63, 3.8) is 0 Å². The normalized spacial score (nSPS) is 12.0. The number of carbonyl (C=O) groups excluding carboxylic acids is 1. The van der Waals surface area contributed by atoms with E-state index in [1.54, 1.807) is 0 Å². The molecule has 1 aromatic heterocycles. The third-order valence-electron chi connectivity index (χ3n) is 5.10. The number of aryl methyl sites for hydroxylation is 1. The summed E-state index contributed by atoms with van der Waals surface area (Å²) in [6, 6.07) is 18.3. The highest BCUT2D eigenvalue weighted by molar-refractivity contribution is 5.96. The zero-order valence-corrected chi connectivity index (χ0v) is 17.7. The van der Waals surface area contributed by atoms with Gasteiger partial charge < -0.3 is 10.3 Å². The predicted octanol–water partition coefficient (Wildman–Crippen LogP) is 4.02. The van der Waals surface area contributed by atoms with Crippen LogP contribution in [0.4, 0.5) is 5.69 Å². The Bertz CT molecular complexity index is 1040. The van der Waals surface area contributed by atoms with Crippen LogP contribution in [-0.4, -0.2) is 33.9 Å². The molecule has 1 unspecified atom stereocenters. The molecule has 6 heteroatoms. The summed E-state index contributed by atoms with van der Waals surface area (Å²) >= 11 is 0. The van der Waals surface area contributed by atoms with E-state index in [4.69, 9.17) is 0 Å². The SMILES string of the molecule is CCc1cc(=O)[nH]c(-c2cccc(NC(=O)C(c3ccccc3)N(CC)CC)c2)n1. The van der Waals surface area contributed by atoms with Crippen LogP contribution >= 0.6 is 0 Å². The molecule has 3 aromatic rings. The van der Waals surface area contributed by atoms with Crippen LogP contribution in [0.3, 0.4) is 0 Å². The lowest BCUT2D eigenvalue weighted by Crippen LogP contribution is -2.37. The summed E-state index contributed by atoms with van der Waals surface area (Å²) in [5, 5.41) is 3.04. The highest BCUT2D eigenvalue weighted by Gasteiger charge is 2.25.